The third kappa shape index (κ3) is 3.66. The zero-order chi connectivity index (χ0) is 15.2. The second-order valence-electron chi connectivity index (χ2n) is 4.19. The van der Waals surface area contributed by atoms with Crippen molar-refractivity contribution in [2.45, 2.75) is 6.17 Å². The van der Waals surface area contributed by atoms with Crippen molar-refractivity contribution in [2.75, 3.05) is 7.11 Å². The number of methoxy groups -OCH3 is 1. The summed E-state index contributed by atoms with van der Waals surface area (Å²) in [5.74, 6) is -1.44. The number of alkyl halides is 1. The molecule has 0 saturated carbocycles. The molecule has 0 N–H and O–H groups in total. The lowest BCUT2D eigenvalue weighted by Crippen LogP contribution is -2.29. The van der Waals surface area contributed by atoms with Crippen molar-refractivity contribution in [3.05, 3.63) is 60.2 Å². The Morgan fingerprint density at radius 1 is 0.952 bits per heavy atom. The minimum atomic E-state index is -2.35. The van der Waals surface area contributed by atoms with Crippen molar-refractivity contribution in [3.8, 4) is 11.5 Å². The van der Waals surface area contributed by atoms with Gasteiger partial charge in [0.1, 0.15) is 11.5 Å². The predicted molar refractivity (Wildman–Crippen MR) is 74.3 cm³/mol. The highest BCUT2D eigenvalue weighted by molar-refractivity contribution is 6.11. The quantitative estimate of drug-likeness (QED) is 0.367. The van der Waals surface area contributed by atoms with Gasteiger partial charge in [-0.15, -0.1) is 0 Å². The van der Waals surface area contributed by atoms with E-state index >= 15 is 0 Å². The second-order valence-corrected chi connectivity index (χ2v) is 4.19. The molecule has 0 aliphatic heterocycles. The molecule has 1 atom stereocenters. The Bertz CT molecular complexity index is 622. The SMILES string of the molecule is COc1ccc(OC(=O)C(F)C(=O)c2ccccc2)cc1. The monoisotopic (exact) mass is 288 g/mol. The van der Waals surface area contributed by atoms with Gasteiger partial charge in [0, 0.05) is 5.56 Å². The van der Waals surface area contributed by atoms with E-state index in [0.29, 0.717) is 5.75 Å². The first-order chi connectivity index (χ1) is 10.1. The summed E-state index contributed by atoms with van der Waals surface area (Å²) in [5.41, 5.74) is 0.122. The first-order valence-electron chi connectivity index (χ1n) is 6.21. The van der Waals surface area contributed by atoms with Crippen LogP contribution in [0.5, 0.6) is 11.5 Å². The molecule has 2 rings (SSSR count). The van der Waals surface area contributed by atoms with Crippen molar-refractivity contribution in [1.29, 1.82) is 0 Å². The van der Waals surface area contributed by atoms with E-state index in [1.807, 2.05) is 0 Å². The van der Waals surface area contributed by atoms with E-state index in [9.17, 15) is 14.0 Å². The van der Waals surface area contributed by atoms with Crippen molar-refractivity contribution < 1.29 is 23.5 Å². The van der Waals surface area contributed by atoms with Gasteiger partial charge in [-0.1, -0.05) is 30.3 Å². The summed E-state index contributed by atoms with van der Waals surface area (Å²) in [5, 5.41) is 0. The molecular formula is C16H13FO4. The maximum absolute atomic E-state index is 13.9. The van der Waals surface area contributed by atoms with Crippen LogP contribution in [0.15, 0.2) is 54.6 Å². The predicted octanol–water partition coefficient (Wildman–Crippen LogP) is 2.82. The van der Waals surface area contributed by atoms with E-state index in [-0.39, 0.29) is 11.3 Å². The lowest BCUT2D eigenvalue weighted by atomic mass is 10.1. The number of halogens is 1. The standard InChI is InChI=1S/C16H13FO4/c1-20-12-7-9-13(10-8-12)21-16(19)14(17)15(18)11-5-3-2-4-6-11/h2-10,14H,1H3. The van der Waals surface area contributed by atoms with E-state index in [4.69, 9.17) is 9.47 Å². The fraction of sp³-hybridized carbons (Fsp3) is 0.125. The molecule has 5 heteroatoms. The first-order valence-corrected chi connectivity index (χ1v) is 6.21. The number of benzene rings is 2. The molecule has 0 saturated heterocycles. The Balaban J connectivity index is 2.03. The summed E-state index contributed by atoms with van der Waals surface area (Å²) in [7, 11) is 1.50. The number of hydrogen-bond donors (Lipinski definition) is 0. The van der Waals surface area contributed by atoms with Gasteiger partial charge in [-0.25, -0.2) is 9.18 Å². The number of carbonyl (C=O) groups is 2. The number of ether oxygens (including phenoxy) is 2. The van der Waals surface area contributed by atoms with Gasteiger partial charge in [0.25, 0.3) is 6.17 Å². The summed E-state index contributed by atoms with van der Waals surface area (Å²) in [6, 6.07) is 13.8. The molecule has 0 amide bonds. The van der Waals surface area contributed by atoms with Gasteiger partial charge in [-0.2, -0.15) is 0 Å². The van der Waals surface area contributed by atoms with Gasteiger partial charge >= 0.3 is 5.97 Å². The molecule has 0 heterocycles. The number of rotatable bonds is 5. The van der Waals surface area contributed by atoms with Gasteiger partial charge in [-0.05, 0) is 24.3 Å². The molecule has 0 aromatic heterocycles. The van der Waals surface area contributed by atoms with Crippen molar-refractivity contribution in [2.24, 2.45) is 0 Å². The van der Waals surface area contributed by atoms with Crippen LogP contribution in [0.1, 0.15) is 10.4 Å². The third-order valence-electron chi connectivity index (χ3n) is 2.77. The smallest absolute Gasteiger partial charge is 0.354 e. The van der Waals surface area contributed by atoms with Gasteiger partial charge < -0.3 is 9.47 Å². The highest BCUT2D eigenvalue weighted by atomic mass is 19.1. The van der Waals surface area contributed by atoms with Crippen molar-refractivity contribution >= 4 is 11.8 Å². The lowest BCUT2D eigenvalue weighted by Gasteiger charge is -2.08. The average Bonchev–Trinajstić information content (AvgIpc) is 2.55. The Morgan fingerprint density at radius 3 is 2.10 bits per heavy atom. The Labute approximate surface area is 121 Å². The van der Waals surface area contributed by atoms with Crippen molar-refractivity contribution in [1.82, 2.24) is 0 Å². The normalized spacial score (nSPS) is 11.5. The van der Waals surface area contributed by atoms with Crippen LogP contribution < -0.4 is 9.47 Å². The Hall–Kier alpha value is -2.69. The minimum Gasteiger partial charge on any atom is -0.497 e. The highest BCUT2D eigenvalue weighted by Gasteiger charge is 2.29. The summed E-state index contributed by atoms with van der Waals surface area (Å²) in [4.78, 5) is 23.4. The maximum Gasteiger partial charge on any atom is 0.354 e. The molecule has 0 aliphatic carbocycles. The van der Waals surface area contributed by atoms with Crippen LogP contribution in [0.4, 0.5) is 4.39 Å². The number of hydrogen-bond acceptors (Lipinski definition) is 4. The van der Waals surface area contributed by atoms with Crippen molar-refractivity contribution in [3.63, 3.8) is 0 Å². The van der Waals surface area contributed by atoms with Crippen LogP contribution in [0.3, 0.4) is 0 Å². The lowest BCUT2D eigenvalue weighted by molar-refractivity contribution is -0.138. The van der Waals surface area contributed by atoms with E-state index in [1.54, 1.807) is 30.3 Å². The molecule has 0 fully saturated rings. The van der Waals surface area contributed by atoms with Crippen LogP contribution in [-0.2, 0) is 4.79 Å². The molecule has 4 nitrogen and oxygen atoms in total. The zero-order valence-electron chi connectivity index (χ0n) is 11.3. The van der Waals surface area contributed by atoms with Gasteiger partial charge in [0.05, 0.1) is 7.11 Å². The van der Waals surface area contributed by atoms with Gasteiger partial charge in [0.15, 0.2) is 0 Å². The van der Waals surface area contributed by atoms with E-state index in [2.05, 4.69) is 0 Å². The first kappa shape index (κ1) is 14.7. The van der Waals surface area contributed by atoms with E-state index in [1.165, 1.54) is 31.4 Å². The molecular weight excluding hydrogens is 275 g/mol. The Kier molecular flexibility index (Phi) is 4.66. The molecule has 2 aromatic carbocycles. The highest BCUT2D eigenvalue weighted by Crippen LogP contribution is 2.18. The van der Waals surface area contributed by atoms with E-state index in [0.717, 1.165) is 0 Å². The minimum absolute atomic E-state index is 0.122. The topological polar surface area (TPSA) is 52.6 Å². The van der Waals surface area contributed by atoms with Gasteiger partial charge in [0.2, 0.25) is 5.78 Å². The summed E-state index contributed by atoms with van der Waals surface area (Å²) in [6.07, 6.45) is -2.35. The number of ketones is 1. The van der Waals surface area contributed by atoms with Crippen LogP contribution >= 0.6 is 0 Å². The summed E-state index contributed by atoms with van der Waals surface area (Å²) >= 11 is 0. The summed E-state index contributed by atoms with van der Waals surface area (Å²) < 4.78 is 23.6. The molecule has 0 spiro atoms. The molecule has 2 aromatic rings. The van der Waals surface area contributed by atoms with Crippen LogP contribution in [-0.4, -0.2) is 25.0 Å². The average molecular weight is 288 g/mol. The van der Waals surface area contributed by atoms with Crippen LogP contribution in [0.25, 0.3) is 0 Å². The zero-order valence-corrected chi connectivity index (χ0v) is 11.3. The molecule has 1 unspecified atom stereocenters. The van der Waals surface area contributed by atoms with Crippen LogP contribution in [0, 0.1) is 0 Å². The molecule has 0 radical (unpaired) electrons. The summed E-state index contributed by atoms with van der Waals surface area (Å²) in [6.45, 7) is 0. The molecule has 108 valence electrons. The van der Waals surface area contributed by atoms with Gasteiger partial charge in [-0.3, -0.25) is 4.79 Å². The fourth-order valence-electron chi connectivity index (χ4n) is 1.67. The van der Waals surface area contributed by atoms with Crippen LogP contribution in [0.2, 0.25) is 0 Å². The largest absolute Gasteiger partial charge is 0.497 e. The molecule has 21 heavy (non-hydrogen) atoms. The second kappa shape index (κ2) is 6.65. The fourth-order valence-corrected chi connectivity index (χ4v) is 1.67. The number of esters is 1. The Morgan fingerprint density at radius 2 is 1.52 bits per heavy atom. The number of carbonyl (C=O) groups excluding carboxylic acids is 2. The molecule has 0 bridgehead atoms. The maximum atomic E-state index is 13.9. The molecule has 0 aliphatic rings. The number of Topliss-reactive ketones (excluding diaryl/α,β-unsaturated/α-hetero) is 1. The van der Waals surface area contributed by atoms with E-state index < -0.39 is 17.9 Å². The third-order valence-corrected chi connectivity index (χ3v) is 2.77.